The molecule has 0 spiro atoms. The maximum atomic E-state index is 10.2. The third-order valence-electron chi connectivity index (χ3n) is 2.34. The zero-order valence-electron chi connectivity index (χ0n) is 9.59. The van der Waals surface area contributed by atoms with Crippen LogP contribution in [0.15, 0.2) is 70.4 Å². The molecule has 1 heterocycles. The van der Waals surface area contributed by atoms with Crippen LogP contribution in [-0.4, -0.2) is 9.97 Å². The van der Waals surface area contributed by atoms with Crippen LogP contribution < -0.4 is 11.2 Å². The van der Waals surface area contributed by atoms with E-state index in [-0.39, 0.29) is 5.56 Å². The second-order valence-electron chi connectivity index (χ2n) is 3.64. The molecular formula is C14H12N2O2. The van der Waals surface area contributed by atoms with E-state index >= 15 is 0 Å². The molecule has 0 aliphatic heterocycles. The van der Waals surface area contributed by atoms with E-state index in [1.807, 2.05) is 4.98 Å². The van der Waals surface area contributed by atoms with Crippen LogP contribution in [0.5, 0.6) is 0 Å². The second-order valence-corrected chi connectivity index (χ2v) is 3.64. The number of aromatic nitrogens is 2. The molecule has 18 heavy (non-hydrogen) atoms. The molecule has 0 bridgehead atoms. The summed E-state index contributed by atoms with van der Waals surface area (Å²) < 4.78 is 0. The van der Waals surface area contributed by atoms with Gasteiger partial charge in [-0.15, -0.1) is 0 Å². The molecule has 4 nitrogen and oxygen atoms in total. The molecular weight excluding hydrogens is 228 g/mol. The van der Waals surface area contributed by atoms with Crippen LogP contribution in [0.2, 0.25) is 0 Å². The molecule has 0 amide bonds. The highest BCUT2D eigenvalue weighted by molar-refractivity contribution is 5.81. The summed E-state index contributed by atoms with van der Waals surface area (Å²) in [6.07, 6.45) is 1.29. The largest absolute Gasteiger partial charge is 0.325 e. The van der Waals surface area contributed by atoms with E-state index in [1.165, 1.54) is 23.0 Å². The fourth-order valence-electron chi connectivity index (χ4n) is 1.52. The SMILES string of the molecule is O=c1cc[nH]c(=O)[nH]1.c1ccc2ccccc2c1. The van der Waals surface area contributed by atoms with Crippen molar-refractivity contribution in [1.29, 1.82) is 0 Å². The number of rotatable bonds is 0. The minimum Gasteiger partial charge on any atom is -0.314 e. The summed E-state index contributed by atoms with van der Waals surface area (Å²) >= 11 is 0. The summed E-state index contributed by atoms with van der Waals surface area (Å²) in [7, 11) is 0. The summed E-state index contributed by atoms with van der Waals surface area (Å²) in [5.41, 5.74) is -0.855. The van der Waals surface area contributed by atoms with Crippen LogP contribution >= 0.6 is 0 Å². The monoisotopic (exact) mass is 240 g/mol. The van der Waals surface area contributed by atoms with Gasteiger partial charge < -0.3 is 4.98 Å². The Balaban J connectivity index is 0.000000138. The van der Waals surface area contributed by atoms with Crippen LogP contribution in [0.1, 0.15) is 0 Å². The minimum absolute atomic E-state index is 0.381. The Hall–Kier alpha value is -2.62. The third kappa shape index (κ3) is 3.18. The molecule has 0 aliphatic rings. The van der Waals surface area contributed by atoms with Crippen molar-refractivity contribution >= 4 is 10.8 Å². The molecule has 0 saturated carbocycles. The Morgan fingerprint density at radius 1 is 0.722 bits per heavy atom. The van der Waals surface area contributed by atoms with Gasteiger partial charge in [-0.05, 0) is 10.8 Å². The molecule has 0 fully saturated rings. The average Bonchev–Trinajstić information content (AvgIpc) is 2.39. The second kappa shape index (κ2) is 5.63. The molecule has 2 N–H and O–H groups in total. The lowest BCUT2D eigenvalue weighted by Crippen LogP contribution is -2.19. The lowest BCUT2D eigenvalue weighted by atomic mass is 10.1. The van der Waals surface area contributed by atoms with Crippen LogP contribution in [-0.2, 0) is 0 Å². The van der Waals surface area contributed by atoms with E-state index < -0.39 is 5.69 Å². The molecule has 90 valence electrons. The molecule has 4 heteroatoms. The highest BCUT2D eigenvalue weighted by atomic mass is 16.2. The van der Waals surface area contributed by atoms with Gasteiger partial charge in [0.1, 0.15) is 0 Å². The van der Waals surface area contributed by atoms with Gasteiger partial charge in [-0.1, -0.05) is 48.5 Å². The van der Waals surface area contributed by atoms with Crippen molar-refractivity contribution in [2.75, 3.05) is 0 Å². The van der Waals surface area contributed by atoms with E-state index in [0.29, 0.717) is 0 Å². The number of hydrogen-bond acceptors (Lipinski definition) is 2. The fourth-order valence-corrected chi connectivity index (χ4v) is 1.52. The van der Waals surface area contributed by atoms with Crippen molar-refractivity contribution in [2.45, 2.75) is 0 Å². The average molecular weight is 240 g/mol. The smallest absolute Gasteiger partial charge is 0.314 e. The first kappa shape index (κ1) is 11.9. The molecule has 2 aromatic carbocycles. The zero-order chi connectivity index (χ0) is 12.8. The highest BCUT2D eigenvalue weighted by Crippen LogP contribution is 2.11. The Bertz CT molecular complexity index is 653. The topological polar surface area (TPSA) is 65.7 Å². The molecule has 0 saturated heterocycles. The number of nitrogens with one attached hydrogen (secondary N) is 2. The van der Waals surface area contributed by atoms with E-state index in [0.717, 1.165) is 0 Å². The van der Waals surface area contributed by atoms with Crippen molar-refractivity contribution in [3.63, 3.8) is 0 Å². The standard InChI is InChI=1S/C10H8.C4H4N2O2/c1-2-6-10-8-4-3-7-9(10)5-1;7-3-1-2-5-4(8)6-3/h1-8H;1-2H,(H2,5,6,7,8). The van der Waals surface area contributed by atoms with Crippen LogP contribution in [0.3, 0.4) is 0 Å². The van der Waals surface area contributed by atoms with Gasteiger partial charge in [0.25, 0.3) is 5.56 Å². The predicted molar refractivity (Wildman–Crippen MR) is 71.6 cm³/mol. The van der Waals surface area contributed by atoms with Gasteiger partial charge in [0.2, 0.25) is 0 Å². The number of fused-ring (bicyclic) bond motifs is 1. The lowest BCUT2D eigenvalue weighted by molar-refractivity contribution is 1.04. The van der Waals surface area contributed by atoms with Crippen molar-refractivity contribution < 1.29 is 0 Å². The maximum absolute atomic E-state index is 10.2. The maximum Gasteiger partial charge on any atom is 0.325 e. The van der Waals surface area contributed by atoms with Gasteiger partial charge in [0, 0.05) is 12.3 Å². The van der Waals surface area contributed by atoms with Crippen LogP contribution in [0, 0.1) is 0 Å². The van der Waals surface area contributed by atoms with Gasteiger partial charge in [-0.3, -0.25) is 9.78 Å². The molecule has 0 atom stereocenters. The molecule has 3 aromatic rings. The first-order valence-corrected chi connectivity index (χ1v) is 5.47. The first-order valence-electron chi connectivity index (χ1n) is 5.47. The fraction of sp³-hybridized carbons (Fsp3) is 0. The van der Waals surface area contributed by atoms with Crippen LogP contribution in [0.4, 0.5) is 0 Å². The summed E-state index contributed by atoms with van der Waals surface area (Å²) in [6, 6.07) is 18.0. The van der Waals surface area contributed by atoms with Gasteiger partial charge in [-0.2, -0.15) is 0 Å². The zero-order valence-corrected chi connectivity index (χ0v) is 9.59. The minimum atomic E-state index is -0.475. The quantitative estimate of drug-likeness (QED) is 0.630. The summed E-state index contributed by atoms with van der Waals surface area (Å²) in [6.45, 7) is 0. The third-order valence-corrected chi connectivity index (χ3v) is 2.34. The molecule has 0 aliphatic carbocycles. The Labute approximate surface area is 103 Å². The van der Waals surface area contributed by atoms with Crippen molar-refractivity contribution in [2.24, 2.45) is 0 Å². The normalized spacial score (nSPS) is 9.56. The van der Waals surface area contributed by atoms with Crippen molar-refractivity contribution in [3.8, 4) is 0 Å². The van der Waals surface area contributed by atoms with Gasteiger partial charge in [0.15, 0.2) is 0 Å². The highest BCUT2D eigenvalue weighted by Gasteiger charge is 1.85. The first-order chi connectivity index (χ1) is 8.75. The number of hydrogen-bond donors (Lipinski definition) is 2. The van der Waals surface area contributed by atoms with Crippen molar-refractivity contribution in [3.05, 3.63) is 81.6 Å². The van der Waals surface area contributed by atoms with Crippen molar-refractivity contribution in [1.82, 2.24) is 9.97 Å². The van der Waals surface area contributed by atoms with Gasteiger partial charge in [0.05, 0.1) is 0 Å². The molecule has 1 aromatic heterocycles. The summed E-state index contributed by atoms with van der Waals surface area (Å²) in [4.78, 5) is 24.7. The number of H-pyrrole nitrogens is 2. The number of benzene rings is 2. The van der Waals surface area contributed by atoms with E-state index in [9.17, 15) is 9.59 Å². The Morgan fingerprint density at radius 3 is 1.56 bits per heavy atom. The summed E-state index contributed by atoms with van der Waals surface area (Å²) in [5.74, 6) is 0. The molecule has 3 rings (SSSR count). The summed E-state index contributed by atoms with van der Waals surface area (Å²) in [5, 5.41) is 2.62. The number of aromatic amines is 2. The van der Waals surface area contributed by atoms with E-state index in [4.69, 9.17) is 0 Å². The lowest BCUT2D eigenvalue weighted by Gasteiger charge is -1.92. The Kier molecular flexibility index (Phi) is 3.71. The molecule has 0 radical (unpaired) electrons. The van der Waals surface area contributed by atoms with Gasteiger partial charge >= 0.3 is 5.69 Å². The predicted octanol–water partition coefficient (Wildman–Crippen LogP) is 1.90. The Morgan fingerprint density at radius 2 is 1.22 bits per heavy atom. The van der Waals surface area contributed by atoms with Gasteiger partial charge in [-0.25, -0.2) is 4.79 Å². The van der Waals surface area contributed by atoms with Crippen LogP contribution in [0.25, 0.3) is 10.8 Å². The van der Waals surface area contributed by atoms with E-state index in [2.05, 4.69) is 53.5 Å². The van der Waals surface area contributed by atoms with E-state index in [1.54, 1.807) is 0 Å². The molecule has 0 unspecified atom stereocenters.